The summed E-state index contributed by atoms with van der Waals surface area (Å²) in [6.07, 6.45) is 3.62. The summed E-state index contributed by atoms with van der Waals surface area (Å²) in [5.74, 6) is 1.95. The lowest BCUT2D eigenvalue weighted by Crippen LogP contribution is -1.99. The summed E-state index contributed by atoms with van der Waals surface area (Å²) < 4.78 is 2.01. The first kappa shape index (κ1) is 11.8. The van der Waals surface area contributed by atoms with E-state index in [1.165, 1.54) is 0 Å². The maximum absolute atomic E-state index is 4.38. The molecule has 5 heteroatoms. The van der Waals surface area contributed by atoms with Gasteiger partial charge in [-0.1, -0.05) is 19.9 Å². The Hall–Kier alpha value is -2.30. The van der Waals surface area contributed by atoms with Gasteiger partial charge in [-0.15, -0.1) is 10.2 Å². The summed E-state index contributed by atoms with van der Waals surface area (Å²) in [7, 11) is 0. The summed E-state index contributed by atoms with van der Waals surface area (Å²) in [6.45, 7) is 6.18. The summed E-state index contributed by atoms with van der Waals surface area (Å²) in [5, 5.41) is 8.40. The zero-order valence-corrected chi connectivity index (χ0v) is 11.2. The Labute approximate surface area is 111 Å². The van der Waals surface area contributed by atoms with E-state index in [2.05, 4.69) is 34.0 Å². The third-order valence-corrected chi connectivity index (χ3v) is 3.07. The highest BCUT2D eigenvalue weighted by molar-refractivity contribution is 5.58. The van der Waals surface area contributed by atoms with Crippen molar-refractivity contribution in [2.75, 3.05) is 0 Å². The zero-order chi connectivity index (χ0) is 13.4. The van der Waals surface area contributed by atoms with Crippen molar-refractivity contribution in [2.45, 2.75) is 26.7 Å². The second-order valence-corrected chi connectivity index (χ2v) is 4.87. The highest BCUT2D eigenvalue weighted by Crippen LogP contribution is 2.19. The van der Waals surface area contributed by atoms with Crippen LogP contribution in [0.1, 0.15) is 31.3 Å². The van der Waals surface area contributed by atoms with Gasteiger partial charge >= 0.3 is 0 Å². The Morgan fingerprint density at radius 2 is 1.79 bits per heavy atom. The van der Waals surface area contributed by atoms with Gasteiger partial charge in [-0.05, 0) is 19.1 Å². The molecular weight excluding hydrogens is 238 g/mol. The Kier molecular flexibility index (Phi) is 2.74. The van der Waals surface area contributed by atoms with Crippen molar-refractivity contribution in [2.24, 2.45) is 0 Å². The summed E-state index contributed by atoms with van der Waals surface area (Å²) in [6, 6.07) is 5.94. The molecule has 0 radical (unpaired) electrons. The van der Waals surface area contributed by atoms with E-state index < -0.39 is 0 Å². The van der Waals surface area contributed by atoms with E-state index in [0.29, 0.717) is 5.92 Å². The van der Waals surface area contributed by atoms with Crippen LogP contribution in [0.2, 0.25) is 0 Å². The van der Waals surface area contributed by atoms with E-state index in [1.54, 1.807) is 0 Å². The van der Waals surface area contributed by atoms with E-state index >= 15 is 0 Å². The molecule has 0 saturated heterocycles. The number of aromatic nitrogens is 5. The van der Waals surface area contributed by atoms with Gasteiger partial charge in [-0.25, -0.2) is 9.97 Å². The highest BCUT2D eigenvalue weighted by Gasteiger charge is 2.11. The fourth-order valence-electron chi connectivity index (χ4n) is 2.04. The van der Waals surface area contributed by atoms with Gasteiger partial charge in [0.2, 0.25) is 0 Å². The Balaban J connectivity index is 2.14. The van der Waals surface area contributed by atoms with E-state index in [-0.39, 0.29) is 0 Å². The van der Waals surface area contributed by atoms with Crippen LogP contribution >= 0.6 is 0 Å². The van der Waals surface area contributed by atoms with Crippen molar-refractivity contribution >= 4 is 5.65 Å². The molecule has 5 nitrogen and oxygen atoms in total. The Morgan fingerprint density at radius 1 is 1.05 bits per heavy atom. The van der Waals surface area contributed by atoms with Gasteiger partial charge in [0.1, 0.15) is 5.82 Å². The molecule has 0 bridgehead atoms. The van der Waals surface area contributed by atoms with Crippen LogP contribution in [0.5, 0.6) is 0 Å². The average Bonchev–Trinajstić information content (AvgIpc) is 2.84. The Bertz CT molecular complexity index is 712. The normalized spacial score (nSPS) is 11.4. The minimum atomic E-state index is 0.325. The van der Waals surface area contributed by atoms with E-state index in [4.69, 9.17) is 0 Å². The van der Waals surface area contributed by atoms with Gasteiger partial charge in [-0.2, -0.15) is 0 Å². The number of pyridine rings is 1. The van der Waals surface area contributed by atoms with Crippen molar-refractivity contribution in [1.82, 2.24) is 24.6 Å². The molecule has 3 heterocycles. The first-order chi connectivity index (χ1) is 9.16. The molecule has 0 unspecified atom stereocenters. The molecule has 0 atom stereocenters. The molecule has 0 fully saturated rings. The summed E-state index contributed by atoms with van der Waals surface area (Å²) in [4.78, 5) is 8.76. The number of fused-ring (bicyclic) bond motifs is 1. The molecule has 0 aromatic carbocycles. The van der Waals surface area contributed by atoms with Crippen LogP contribution < -0.4 is 0 Å². The molecule has 0 N–H and O–H groups in total. The third kappa shape index (κ3) is 1.97. The molecular formula is C14H15N5. The molecule has 0 spiro atoms. The van der Waals surface area contributed by atoms with Gasteiger partial charge in [0, 0.05) is 24.0 Å². The molecule has 3 aromatic heterocycles. The lowest BCUT2D eigenvalue weighted by molar-refractivity contribution is 0.774. The molecule has 3 rings (SSSR count). The van der Waals surface area contributed by atoms with Crippen molar-refractivity contribution in [3.05, 3.63) is 42.1 Å². The number of hydrogen-bond acceptors (Lipinski definition) is 4. The van der Waals surface area contributed by atoms with Crippen LogP contribution in [-0.2, 0) is 0 Å². The smallest absolute Gasteiger partial charge is 0.171 e. The summed E-state index contributed by atoms with van der Waals surface area (Å²) in [5.41, 5.74) is 2.81. The lowest BCUT2D eigenvalue weighted by Gasteiger charge is -2.05. The lowest BCUT2D eigenvalue weighted by atomic mass is 10.2. The SMILES string of the molecule is Cc1cccc2nnc(-c3cnc(C(C)C)nc3)n12. The molecule has 0 aliphatic carbocycles. The molecule has 0 aliphatic heterocycles. The second-order valence-electron chi connectivity index (χ2n) is 4.87. The van der Waals surface area contributed by atoms with Crippen molar-refractivity contribution in [1.29, 1.82) is 0 Å². The number of aryl methyl sites for hydroxylation is 1. The van der Waals surface area contributed by atoms with Crippen molar-refractivity contribution in [3.8, 4) is 11.4 Å². The quantitative estimate of drug-likeness (QED) is 0.704. The molecule has 0 aliphatic rings. The first-order valence-electron chi connectivity index (χ1n) is 6.30. The van der Waals surface area contributed by atoms with Crippen molar-refractivity contribution in [3.63, 3.8) is 0 Å². The van der Waals surface area contributed by atoms with Crippen molar-refractivity contribution < 1.29 is 0 Å². The van der Waals surface area contributed by atoms with Gasteiger partial charge in [0.25, 0.3) is 0 Å². The molecule has 0 amide bonds. The monoisotopic (exact) mass is 253 g/mol. The standard InChI is InChI=1S/C14H15N5/c1-9(2)13-15-7-11(8-16-13)14-18-17-12-6-4-5-10(3)19(12)14/h4-9H,1-3H3. The fraction of sp³-hybridized carbons (Fsp3) is 0.286. The molecule has 19 heavy (non-hydrogen) atoms. The largest absolute Gasteiger partial charge is 0.280 e. The fourth-order valence-corrected chi connectivity index (χ4v) is 2.04. The van der Waals surface area contributed by atoms with Gasteiger partial charge in [-0.3, -0.25) is 4.40 Å². The number of hydrogen-bond donors (Lipinski definition) is 0. The molecule has 0 saturated carbocycles. The van der Waals surface area contributed by atoms with Crippen LogP contribution in [-0.4, -0.2) is 24.6 Å². The Morgan fingerprint density at radius 3 is 2.47 bits per heavy atom. The summed E-state index contributed by atoms with van der Waals surface area (Å²) >= 11 is 0. The number of rotatable bonds is 2. The molecule has 3 aromatic rings. The third-order valence-electron chi connectivity index (χ3n) is 3.07. The van der Waals surface area contributed by atoms with Crippen LogP contribution in [0, 0.1) is 6.92 Å². The van der Waals surface area contributed by atoms with E-state index in [9.17, 15) is 0 Å². The van der Waals surface area contributed by atoms with Crippen LogP contribution in [0.15, 0.2) is 30.6 Å². The van der Waals surface area contributed by atoms with E-state index in [0.717, 1.165) is 28.6 Å². The molecule has 96 valence electrons. The first-order valence-corrected chi connectivity index (χ1v) is 6.30. The van der Waals surface area contributed by atoms with Gasteiger partial charge < -0.3 is 0 Å². The van der Waals surface area contributed by atoms with Crippen LogP contribution in [0.25, 0.3) is 17.0 Å². The minimum absolute atomic E-state index is 0.325. The van der Waals surface area contributed by atoms with Gasteiger partial charge in [0.15, 0.2) is 11.5 Å². The maximum atomic E-state index is 4.38. The minimum Gasteiger partial charge on any atom is -0.280 e. The second kappa shape index (κ2) is 4.42. The predicted molar refractivity (Wildman–Crippen MR) is 72.8 cm³/mol. The number of nitrogens with zero attached hydrogens (tertiary/aromatic N) is 5. The highest BCUT2D eigenvalue weighted by atomic mass is 15.2. The average molecular weight is 253 g/mol. The predicted octanol–water partition coefficient (Wildman–Crippen LogP) is 2.62. The van der Waals surface area contributed by atoms with E-state index in [1.807, 2.05) is 41.9 Å². The maximum Gasteiger partial charge on any atom is 0.171 e. The topological polar surface area (TPSA) is 56.0 Å². The van der Waals surface area contributed by atoms with Gasteiger partial charge in [0.05, 0.1) is 5.56 Å². The van der Waals surface area contributed by atoms with Crippen LogP contribution in [0.4, 0.5) is 0 Å². The van der Waals surface area contributed by atoms with Crippen LogP contribution in [0.3, 0.4) is 0 Å². The zero-order valence-electron chi connectivity index (χ0n) is 11.2.